The fraction of sp³-hybridized carbons (Fsp3) is 0.467. The average molecular weight is 385 g/mol. The van der Waals surface area contributed by atoms with Crippen molar-refractivity contribution in [1.82, 2.24) is 15.5 Å². The Hall–Kier alpha value is -1.67. The van der Waals surface area contributed by atoms with E-state index in [9.17, 15) is 9.18 Å². The number of rotatable bonds is 4. The highest BCUT2D eigenvalue weighted by atomic mass is 79.9. The van der Waals surface area contributed by atoms with Crippen LogP contribution in [0.15, 0.2) is 25.8 Å². The molecule has 0 radical (unpaired) electrons. The lowest BCUT2D eigenvalue weighted by atomic mass is 9.91. The van der Waals surface area contributed by atoms with E-state index >= 15 is 0 Å². The minimum Gasteiger partial charge on any atom is -0.388 e. The van der Waals surface area contributed by atoms with E-state index in [0.717, 1.165) is 25.9 Å². The van der Waals surface area contributed by atoms with Gasteiger partial charge in [-0.2, -0.15) is 0 Å². The number of piperidine rings is 1. The summed E-state index contributed by atoms with van der Waals surface area (Å²) in [4.78, 5) is 11.1. The number of anilines is 1. The lowest BCUT2D eigenvalue weighted by Gasteiger charge is -2.30. The number of hydrogen-bond donors (Lipinski definition) is 3. The fourth-order valence-corrected chi connectivity index (χ4v) is 3.22. The number of aromatic amines is 1. The number of H-pyrrole nitrogens is 1. The molecular weight excluding hydrogens is 367 g/mol. The van der Waals surface area contributed by atoms with E-state index in [1.165, 1.54) is 6.07 Å². The van der Waals surface area contributed by atoms with Crippen molar-refractivity contribution in [1.29, 1.82) is 0 Å². The highest BCUT2D eigenvalue weighted by Gasteiger charge is 2.21. The van der Waals surface area contributed by atoms with Crippen LogP contribution >= 0.6 is 15.9 Å². The zero-order chi connectivity index (χ0) is 16.4. The number of nitrogens with zero attached hydrogens (tertiary/aromatic N) is 1. The minimum absolute atomic E-state index is 0.0685. The van der Waals surface area contributed by atoms with E-state index in [1.54, 1.807) is 6.07 Å². The zero-order valence-electron chi connectivity index (χ0n) is 12.7. The maximum atomic E-state index is 14.2. The van der Waals surface area contributed by atoms with Gasteiger partial charge in [-0.25, -0.2) is 14.3 Å². The Morgan fingerprint density at radius 1 is 1.43 bits per heavy atom. The lowest BCUT2D eigenvalue weighted by molar-refractivity contribution is 0.343. The quantitative estimate of drug-likeness (QED) is 0.754. The molecule has 0 saturated carbocycles. The Labute approximate surface area is 141 Å². The Bertz CT molecular complexity index is 739. The summed E-state index contributed by atoms with van der Waals surface area (Å²) in [6, 6.07) is 3.21. The van der Waals surface area contributed by atoms with Crippen LogP contribution in [0.3, 0.4) is 0 Å². The summed E-state index contributed by atoms with van der Waals surface area (Å²) < 4.78 is 19.4. The zero-order valence-corrected chi connectivity index (χ0v) is 14.2. The number of benzene rings is 1. The summed E-state index contributed by atoms with van der Waals surface area (Å²) >= 11 is 3.27. The molecule has 6 nitrogen and oxygen atoms in total. The van der Waals surface area contributed by atoms with E-state index in [0.29, 0.717) is 21.6 Å². The molecule has 8 heteroatoms. The molecule has 0 bridgehead atoms. The van der Waals surface area contributed by atoms with Crippen LogP contribution in [0.2, 0.25) is 0 Å². The van der Waals surface area contributed by atoms with Crippen LogP contribution in [0.1, 0.15) is 19.8 Å². The van der Waals surface area contributed by atoms with Gasteiger partial charge in [0.1, 0.15) is 5.82 Å². The predicted molar refractivity (Wildman–Crippen MR) is 88.9 cm³/mol. The molecule has 0 unspecified atom stereocenters. The molecular formula is C15H18BrFN4O2. The number of halogens is 2. The third-order valence-electron chi connectivity index (χ3n) is 4.19. The van der Waals surface area contributed by atoms with Gasteiger partial charge in [0.2, 0.25) is 5.89 Å². The van der Waals surface area contributed by atoms with E-state index < -0.39 is 11.6 Å². The third-order valence-corrected chi connectivity index (χ3v) is 4.99. The molecule has 1 fully saturated rings. The average Bonchev–Trinajstić information content (AvgIpc) is 2.99. The van der Waals surface area contributed by atoms with Crippen LogP contribution in [-0.2, 0) is 0 Å². The molecule has 1 atom stereocenters. The van der Waals surface area contributed by atoms with Gasteiger partial charge in [0, 0.05) is 11.6 Å². The van der Waals surface area contributed by atoms with Crippen molar-refractivity contribution < 1.29 is 8.81 Å². The summed E-state index contributed by atoms with van der Waals surface area (Å²) in [7, 11) is 0. The van der Waals surface area contributed by atoms with Crippen LogP contribution in [0.5, 0.6) is 0 Å². The van der Waals surface area contributed by atoms with E-state index in [2.05, 4.69) is 43.7 Å². The fourth-order valence-electron chi connectivity index (χ4n) is 2.88. The number of hydrogen-bond acceptors (Lipinski definition) is 5. The van der Waals surface area contributed by atoms with Gasteiger partial charge in [-0.1, -0.05) is 0 Å². The first-order valence-corrected chi connectivity index (χ1v) is 8.36. The Morgan fingerprint density at radius 2 is 2.17 bits per heavy atom. The van der Waals surface area contributed by atoms with Gasteiger partial charge in [0.05, 0.1) is 10.2 Å². The van der Waals surface area contributed by atoms with Gasteiger partial charge >= 0.3 is 5.76 Å². The Balaban J connectivity index is 1.85. The molecule has 2 aromatic rings. The van der Waals surface area contributed by atoms with Crippen LogP contribution in [-0.4, -0.2) is 29.3 Å². The maximum Gasteiger partial charge on any atom is 0.434 e. The molecule has 124 valence electrons. The van der Waals surface area contributed by atoms with Crippen LogP contribution in [0.25, 0.3) is 11.5 Å². The van der Waals surface area contributed by atoms with Crippen molar-refractivity contribution in [3.05, 3.63) is 33.0 Å². The molecule has 1 aliphatic rings. The van der Waals surface area contributed by atoms with Crippen molar-refractivity contribution in [2.45, 2.75) is 25.8 Å². The molecule has 1 aromatic carbocycles. The first-order valence-electron chi connectivity index (χ1n) is 7.57. The topological polar surface area (TPSA) is 83.0 Å². The molecule has 1 aliphatic heterocycles. The van der Waals surface area contributed by atoms with Gasteiger partial charge < -0.3 is 15.1 Å². The summed E-state index contributed by atoms with van der Waals surface area (Å²) in [5, 5.41) is 12.6. The van der Waals surface area contributed by atoms with Crippen molar-refractivity contribution in [3.8, 4) is 11.5 Å². The highest BCUT2D eigenvalue weighted by Crippen LogP contribution is 2.32. The Kier molecular flexibility index (Phi) is 4.82. The summed E-state index contributed by atoms with van der Waals surface area (Å²) in [5.74, 6) is -0.508. The van der Waals surface area contributed by atoms with Crippen LogP contribution in [0.4, 0.5) is 10.1 Å². The second kappa shape index (κ2) is 6.84. The molecule has 1 aromatic heterocycles. The van der Waals surface area contributed by atoms with Gasteiger partial charge in [-0.3, -0.25) is 0 Å². The SMILES string of the molecule is C[C@H](Nc1cc(-c2n[nH]c(=O)o2)cc(F)c1Br)C1CCNCC1. The number of aromatic nitrogens is 2. The lowest BCUT2D eigenvalue weighted by Crippen LogP contribution is -2.36. The normalized spacial score (nSPS) is 17.2. The molecule has 0 aliphatic carbocycles. The standard InChI is InChI=1S/C15H18BrFN4O2/c1-8(9-2-4-18-5-3-9)19-12-7-10(6-11(17)13(12)16)14-20-21-15(22)23-14/h6-9,18-19H,2-5H2,1H3,(H,21,22)/t8-/m0/s1. The largest absolute Gasteiger partial charge is 0.434 e. The predicted octanol–water partition coefficient (Wildman–Crippen LogP) is 2.73. The van der Waals surface area contributed by atoms with Gasteiger partial charge in [-0.05, 0) is 66.8 Å². The summed E-state index contributed by atoms with van der Waals surface area (Å²) in [5.41, 5.74) is 1.03. The number of nitrogens with one attached hydrogen (secondary N) is 3. The smallest absolute Gasteiger partial charge is 0.388 e. The first-order chi connectivity index (χ1) is 11.0. The van der Waals surface area contributed by atoms with E-state index in [4.69, 9.17) is 4.42 Å². The minimum atomic E-state index is -0.666. The molecule has 2 heterocycles. The van der Waals surface area contributed by atoms with Gasteiger partial charge in [-0.15, -0.1) is 5.10 Å². The second-order valence-corrected chi connectivity index (χ2v) is 6.55. The van der Waals surface area contributed by atoms with Gasteiger partial charge in [0.25, 0.3) is 0 Å². The summed E-state index contributed by atoms with van der Waals surface area (Å²) in [6.45, 7) is 4.11. The van der Waals surface area contributed by atoms with Crippen molar-refractivity contribution in [3.63, 3.8) is 0 Å². The molecule has 3 rings (SSSR count). The van der Waals surface area contributed by atoms with Crippen molar-refractivity contribution in [2.24, 2.45) is 5.92 Å². The molecule has 0 spiro atoms. The second-order valence-electron chi connectivity index (χ2n) is 5.76. The van der Waals surface area contributed by atoms with Crippen LogP contribution in [0, 0.1) is 11.7 Å². The van der Waals surface area contributed by atoms with Gasteiger partial charge in [0.15, 0.2) is 0 Å². The molecule has 23 heavy (non-hydrogen) atoms. The van der Waals surface area contributed by atoms with Crippen molar-refractivity contribution >= 4 is 21.6 Å². The third kappa shape index (κ3) is 3.64. The van der Waals surface area contributed by atoms with Crippen LogP contribution < -0.4 is 16.4 Å². The summed E-state index contributed by atoms with van der Waals surface area (Å²) in [6.07, 6.45) is 2.17. The molecule has 1 saturated heterocycles. The van der Waals surface area contributed by atoms with E-state index in [1.807, 2.05) is 0 Å². The first kappa shape index (κ1) is 16.2. The Morgan fingerprint density at radius 3 is 2.83 bits per heavy atom. The maximum absolute atomic E-state index is 14.2. The highest BCUT2D eigenvalue weighted by molar-refractivity contribution is 9.10. The molecule has 0 amide bonds. The van der Waals surface area contributed by atoms with E-state index in [-0.39, 0.29) is 11.9 Å². The van der Waals surface area contributed by atoms with Crippen molar-refractivity contribution in [2.75, 3.05) is 18.4 Å². The molecule has 3 N–H and O–H groups in total. The monoisotopic (exact) mass is 384 g/mol.